The van der Waals surface area contributed by atoms with Crippen LogP contribution in [0.3, 0.4) is 0 Å². The first-order valence-electron chi connectivity index (χ1n) is 10.8. The fraction of sp³-hybridized carbons (Fsp3) is 0.320. The summed E-state index contributed by atoms with van der Waals surface area (Å²) in [5, 5.41) is 8.36. The number of esters is 1. The summed E-state index contributed by atoms with van der Waals surface area (Å²) in [5.74, 6) is -0.949. The lowest BCUT2D eigenvalue weighted by Crippen LogP contribution is -2.50. The molecule has 0 fully saturated rings. The third kappa shape index (κ3) is 7.33. The molecule has 180 valence electrons. The lowest BCUT2D eigenvalue weighted by molar-refractivity contribution is -0.157. The Kier molecular flexibility index (Phi) is 7.96. The van der Waals surface area contributed by atoms with Gasteiger partial charge in [-0.2, -0.15) is 5.16 Å². The molecule has 0 aliphatic carbocycles. The molecule has 2 unspecified atom stereocenters. The van der Waals surface area contributed by atoms with Gasteiger partial charge < -0.3 is 9.26 Å². The van der Waals surface area contributed by atoms with Crippen LogP contribution < -0.4 is 16.2 Å². The second kappa shape index (κ2) is 10.7. The molecule has 0 spiro atoms. The molecule has 3 N–H and O–H groups in total. The van der Waals surface area contributed by atoms with Crippen LogP contribution in [0.15, 0.2) is 63.9 Å². The maximum atomic E-state index is 13.0. The lowest BCUT2D eigenvalue weighted by atomic mass is 10.00. The van der Waals surface area contributed by atoms with E-state index in [0.717, 1.165) is 22.8 Å². The van der Waals surface area contributed by atoms with E-state index in [1.54, 1.807) is 27.7 Å². The normalized spacial score (nSPS) is 13.2. The largest absolute Gasteiger partial charge is 0.459 e. The summed E-state index contributed by atoms with van der Waals surface area (Å²) in [5.41, 5.74) is 1.70. The first-order valence-corrected chi connectivity index (χ1v) is 11.2. The average molecular weight is 486 g/mol. The maximum absolute atomic E-state index is 13.0. The summed E-state index contributed by atoms with van der Waals surface area (Å²) in [6, 6.07) is 14.8. The Morgan fingerprint density at radius 2 is 1.79 bits per heavy atom. The fourth-order valence-electron chi connectivity index (χ4n) is 3.28. The van der Waals surface area contributed by atoms with Gasteiger partial charge in [0.25, 0.3) is 5.56 Å². The number of carbonyl (C=O) groups is 2. The maximum Gasteiger partial charge on any atom is 0.323 e. The van der Waals surface area contributed by atoms with Gasteiger partial charge in [-0.15, -0.1) is 0 Å². The molecule has 3 aromatic rings. The zero-order chi connectivity index (χ0) is 24.9. The van der Waals surface area contributed by atoms with E-state index >= 15 is 0 Å². The number of nitrogens with one attached hydrogen (secondary N) is 3. The van der Waals surface area contributed by atoms with Crippen LogP contribution in [0, 0.1) is 0 Å². The van der Waals surface area contributed by atoms with Crippen molar-refractivity contribution >= 4 is 29.4 Å². The van der Waals surface area contributed by atoms with Crippen molar-refractivity contribution in [3.63, 3.8) is 0 Å². The van der Waals surface area contributed by atoms with E-state index in [2.05, 4.69) is 15.8 Å². The van der Waals surface area contributed by atoms with Crippen molar-refractivity contribution in [3.05, 3.63) is 75.5 Å². The Labute approximate surface area is 202 Å². The number of H-pyrrole nitrogens is 1. The van der Waals surface area contributed by atoms with Crippen LogP contribution in [-0.2, 0) is 20.7 Å². The van der Waals surface area contributed by atoms with Gasteiger partial charge in [0.1, 0.15) is 11.6 Å². The van der Waals surface area contributed by atoms with Gasteiger partial charge in [0.2, 0.25) is 11.8 Å². The highest BCUT2D eigenvalue weighted by Gasteiger charge is 2.28. The van der Waals surface area contributed by atoms with Crippen LogP contribution in [-0.4, -0.2) is 34.7 Å². The van der Waals surface area contributed by atoms with Crippen molar-refractivity contribution in [2.75, 3.05) is 5.32 Å². The summed E-state index contributed by atoms with van der Waals surface area (Å²) in [6.45, 7) is 6.96. The molecule has 1 heterocycles. The molecular weight excluding hydrogens is 458 g/mol. The molecule has 0 aliphatic heterocycles. The van der Waals surface area contributed by atoms with Crippen LogP contribution >= 0.6 is 11.6 Å². The summed E-state index contributed by atoms with van der Waals surface area (Å²) >= 11 is 6.09. The molecule has 0 aliphatic rings. The SMILES string of the molecule is CC(NC(Cc1ccc(-c2cccc(Cl)c2)cc1)C(=O)Nc1cc(=O)[nH]o1)C(=O)OC(C)(C)C. The number of hydrogen-bond acceptors (Lipinski definition) is 6. The second-order valence-corrected chi connectivity index (χ2v) is 9.39. The smallest absolute Gasteiger partial charge is 0.323 e. The summed E-state index contributed by atoms with van der Waals surface area (Å²) in [6.07, 6.45) is 0.281. The van der Waals surface area contributed by atoms with Crippen molar-refractivity contribution in [3.8, 4) is 11.1 Å². The zero-order valence-corrected chi connectivity index (χ0v) is 20.2. The molecule has 34 heavy (non-hydrogen) atoms. The summed E-state index contributed by atoms with van der Waals surface area (Å²) in [4.78, 5) is 36.8. The highest BCUT2D eigenvalue weighted by Crippen LogP contribution is 2.23. The number of aromatic amines is 1. The fourth-order valence-corrected chi connectivity index (χ4v) is 3.47. The van der Waals surface area contributed by atoms with Crippen molar-refractivity contribution in [2.45, 2.75) is 51.8 Å². The molecule has 1 aromatic heterocycles. The number of aromatic nitrogens is 1. The zero-order valence-electron chi connectivity index (χ0n) is 19.5. The Morgan fingerprint density at radius 3 is 2.38 bits per heavy atom. The summed E-state index contributed by atoms with van der Waals surface area (Å²) < 4.78 is 10.3. The minimum Gasteiger partial charge on any atom is -0.459 e. The summed E-state index contributed by atoms with van der Waals surface area (Å²) in [7, 11) is 0. The Balaban J connectivity index is 1.77. The van der Waals surface area contributed by atoms with Crippen LogP contribution in [0.2, 0.25) is 5.02 Å². The number of halogens is 1. The number of hydrogen-bond donors (Lipinski definition) is 3. The minimum atomic E-state index is -0.806. The van der Waals surface area contributed by atoms with Gasteiger partial charge in [0.15, 0.2) is 0 Å². The number of benzene rings is 2. The molecular formula is C25H28ClN3O5. The number of ether oxygens (including phenoxy) is 1. The first-order chi connectivity index (χ1) is 16.0. The van der Waals surface area contributed by atoms with Gasteiger partial charge in [-0.05, 0) is 62.9 Å². The standard InChI is InChI=1S/C25H28ClN3O5/c1-15(24(32)33-25(2,3)4)27-20(23(31)28-22-14-21(30)29-34-22)12-16-8-10-17(11-9-16)18-6-5-7-19(26)13-18/h5-11,13-15,20,27H,12H2,1-4H3,(H,28,31)(H,29,30). The third-order valence-corrected chi connectivity index (χ3v) is 5.08. The molecule has 3 rings (SSSR count). The molecule has 9 heteroatoms. The number of amides is 1. The molecule has 0 saturated heterocycles. The highest BCUT2D eigenvalue weighted by atomic mass is 35.5. The van der Waals surface area contributed by atoms with Crippen LogP contribution in [0.5, 0.6) is 0 Å². The van der Waals surface area contributed by atoms with Crippen LogP contribution in [0.4, 0.5) is 5.88 Å². The Hall–Kier alpha value is -3.36. The Morgan fingerprint density at radius 1 is 1.09 bits per heavy atom. The molecule has 8 nitrogen and oxygen atoms in total. The van der Waals surface area contributed by atoms with Crippen molar-refractivity contribution in [1.82, 2.24) is 10.5 Å². The lowest BCUT2D eigenvalue weighted by Gasteiger charge is -2.25. The van der Waals surface area contributed by atoms with Gasteiger partial charge in [0, 0.05) is 5.02 Å². The van der Waals surface area contributed by atoms with E-state index in [1.807, 2.05) is 48.5 Å². The van der Waals surface area contributed by atoms with Gasteiger partial charge in [-0.3, -0.25) is 25.0 Å². The van der Waals surface area contributed by atoms with Crippen molar-refractivity contribution in [2.24, 2.45) is 0 Å². The van der Waals surface area contributed by atoms with E-state index in [9.17, 15) is 14.4 Å². The second-order valence-electron chi connectivity index (χ2n) is 8.95. The van der Waals surface area contributed by atoms with Crippen molar-refractivity contribution in [1.29, 1.82) is 0 Å². The van der Waals surface area contributed by atoms with Gasteiger partial charge in [-0.25, -0.2) is 0 Å². The number of carbonyl (C=O) groups excluding carboxylic acids is 2. The third-order valence-electron chi connectivity index (χ3n) is 4.85. The monoisotopic (exact) mass is 485 g/mol. The van der Waals surface area contributed by atoms with E-state index < -0.39 is 35.1 Å². The molecule has 0 saturated carbocycles. The molecule has 1 amide bonds. The molecule has 0 bridgehead atoms. The average Bonchev–Trinajstić information content (AvgIpc) is 3.17. The van der Waals surface area contributed by atoms with E-state index in [4.69, 9.17) is 20.9 Å². The number of rotatable bonds is 8. The van der Waals surface area contributed by atoms with Gasteiger partial charge in [-0.1, -0.05) is 48.0 Å². The van der Waals surface area contributed by atoms with E-state index in [-0.39, 0.29) is 12.3 Å². The van der Waals surface area contributed by atoms with E-state index in [0.29, 0.717) is 5.02 Å². The van der Waals surface area contributed by atoms with Crippen LogP contribution in [0.25, 0.3) is 11.1 Å². The topological polar surface area (TPSA) is 113 Å². The first kappa shape index (κ1) is 25.3. The van der Waals surface area contributed by atoms with Gasteiger partial charge >= 0.3 is 5.97 Å². The minimum absolute atomic E-state index is 0.0111. The van der Waals surface area contributed by atoms with Gasteiger partial charge in [0.05, 0.1) is 12.1 Å². The molecule has 2 aromatic carbocycles. The highest BCUT2D eigenvalue weighted by molar-refractivity contribution is 6.30. The Bertz CT molecular complexity index is 1190. The number of anilines is 1. The van der Waals surface area contributed by atoms with Crippen LogP contribution in [0.1, 0.15) is 33.3 Å². The predicted octanol–water partition coefficient (Wildman–Crippen LogP) is 4.16. The molecule has 0 radical (unpaired) electrons. The van der Waals surface area contributed by atoms with E-state index in [1.165, 1.54) is 0 Å². The molecule has 2 atom stereocenters. The van der Waals surface area contributed by atoms with Crippen molar-refractivity contribution < 1.29 is 18.8 Å². The quantitative estimate of drug-likeness (QED) is 0.413. The predicted molar refractivity (Wildman–Crippen MR) is 131 cm³/mol.